The van der Waals surface area contributed by atoms with Gasteiger partial charge in [0, 0.05) is 19.6 Å². The molecule has 1 aromatic rings. The highest BCUT2D eigenvalue weighted by atomic mass is 79.9. The largest absolute Gasteiger partial charge is 0.486 e. The maximum absolute atomic E-state index is 13.4. The summed E-state index contributed by atoms with van der Waals surface area (Å²) >= 11 is 15.1. The number of rotatable bonds is 6. The van der Waals surface area contributed by atoms with Crippen LogP contribution >= 0.6 is 39.1 Å². The Morgan fingerprint density at radius 1 is 1.40 bits per heavy atom. The summed E-state index contributed by atoms with van der Waals surface area (Å²) in [5.41, 5.74) is 0. The summed E-state index contributed by atoms with van der Waals surface area (Å²) in [6, 6.07) is 2.71. The standard InChI is InChI=1S/C13H14BrCl2FO3/c1-18-2-3-19-13-9(16)5-12(13)20-11-6-10(17)8(15)4-7(11)14/h4,6,9,12-13H,2-3,5H2,1H3. The molecule has 1 aromatic carbocycles. The first-order valence-corrected chi connectivity index (χ1v) is 7.69. The van der Waals surface area contributed by atoms with Crippen LogP contribution in [0.1, 0.15) is 6.42 Å². The molecule has 0 aliphatic heterocycles. The molecule has 2 rings (SSSR count). The summed E-state index contributed by atoms with van der Waals surface area (Å²) in [5, 5.41) is -0.0614. The predicted molar refractivity (Wildman–Crippen MR) is 79.4 cm³/mol. The first-order valence-electron chi connectivity index (χ1n) is 6.08. The van der Waals surface area contributed by atoms with Gasteiger partial charge in [0.05, 0.1) is 28.1 Å². The molecule has 0 N–H and O–H groups in total. The highest BCUT2D eigenvalue weighted by molar-refractivity contribution is 9.10. The average molecular weight is 388 g/mol. The number of benzene rings is 1. The van der Waals surface area contributed by atoms with E-state index in [9.17, 15) is 4.39 Å². The molecule has 0 saturated heterocycles. The molecule has 0 aromatic heterocycles. The zero-order valence-corrected chi connectivity index (χ0v) is 13.8. The third-order valence-electron chi connectivity index (χ3n) is 3.03. The van der Waals surface area contributed by atoms with Crippen LogP contribution < -0.4 is 4.74 Å². The molecule has 0 amide bonds. The Labute approximate surface area is 135 Å². The molecule has 7 heteroatoms. The number of alkyl halides is 1. The topological polar surface area (TPSA) is 27.7 Å². The number of halogens is 4. The minimum atomic E-state index is -0.525. The van der Waals surface area contributed by atoms with Crippen molar-refractivity contribution in [3.05, 3.63) is 27.4 Å². The van der Waals surface area contributed by atoms with Crippen molar-refractivity contribution in [3.63, 3.8) is 0 Å². The molecule has 1 aliphatic carbocycles. The van der Waals surface area contributed by atoms with Crippen molar-refractivity contribution < 1.29 is 18.6 Å². The quantitative estimate of drug-likeness (QED) is 0.419. The smallest absolute Gasteiger partial charge is 0.145 e. The third kappa shape index (κ3) is 3.77. The minimum Gasteiger partial charge on any atom is -0.486 e. The molecule has 0 spiro atoms. The van der Waals surface area contributed by atoms with Crippen molar-refractivity contribution in [1.29, 1.82) is 0 Å². The summed E-state index contributed by atoms with van der Waals surface area (Å²) in [7, 11) is 1.60. The van der Waals surface area contributed by atoms with Gasteiger partial charge < -0.3 is 14.2 Å². The molecule has 3 nitrogen and oxygen atoms in total. The van der Waals surface area contributed by atoms with E-state index in [1.54, 1.807) is 7.11 Å². The summed E-state index contributed by atoms with van der Waals surface area (Å²) in [5.74, 6) is -0.135. The molecule has 1 saturated carbocycles. The summed E-state index contributed by atoms with van der Waals surface area (Å²) < 4.78 is 30.3. The van der Waals surface area contributed by atoms with Gasteiger partial charge in [-0.25, -0.2) is 4.39 Å². The van der Waals surface area contributed by atoms with Gasteiger partial charge in [0.15, 0.2) is 0 Å². The number of methoxy groups -OCH3 is 1. The molecule has 1 aliphatic rings. The fourth-order valence-electron chi connectivity index (χ4n) is 1.88. The van der Waals surface area contributed by atoms with Crippen LogP contribution in [0.5, 0.6) is 5.75 Å². The van der Waals surface area contributed by atoms with Gasteiger partial charge in [-0.05, 0) is 22.0 Å². The van der Waals surface area contributed by atoms with Gasteiger partial charge >= 0.3 is 0 Å². The molecule has 3 atom stereocenters. The van der Waals surface area contributed by atoms with Crippen LogP contribution in [-0.4, -0.2) is 37.9 Å². The van der Waals surface area contributed by atoms with Crippen molar-refractivity contribution in [2.45, 2.75) is 24.0 Å². The summed E-state index contributed by atoms with van der Waals surface area (Å²) in [4.78, 5) is 0. The number of hydrogen-bond acceptors (Lipinski definition) is 3. The van der Waals surface area contributed by atoms with Gasteiger partial charge in [-0.2, -0.15) is 0 Å². The Hall–Kier alpha value is -0.0700. The van der Waals surface area contributed by atoms with Crippen LogP contribution in [0.4, 0.5) is 4.39 Å². The van der Waals surface area contributed by atoms with Crippen LogP contribution in [0, 0.1) is 5.82 Å². The molecule has 20 heavy (non-hydrogen) atoms. The summed E-state index contributed by atoms with van der Waals surface area (Å²) in [6.45, 7) is 0.937. The molecule has 0 bridgehead atoms. The second-order valence-electron chi connectivity index (χ2n) is 4.43. The van der Waals surface area contributed by atoms with E-state index in [4.69, 9.17) is 37.4 Å². The van der Waals surface area contributed by atoms with E-state index < -0.39 is 5.82 Å². The Morgan fingerprint density at radius 2 is 2.15 bits per heavy atom. The van der Waals surface area contributed by atoms with Gasteiger partial charge in [0.2, 0.25) is 0 Å². The average Bonchev–Trinajstić information content (AvgIpc) is 2.40. The van der Waals surface area contributed by atoms with Crippen molar-refractivity contribution >= 4 is 39.1 Å². The minimum absolute atomic E-state index is 0.0425. The zero-order chi connectivity index (χ0) is 14.7. The van der Waals surface area contributed by atoms with Crippen LogP contribution in [0.15, 0.2) is 16.6 Å². The van der Waals surface area contributed by atoms with Crippen molar-refractivity contribution in [2.75, 3.05) is 20.3 Å². The predicted octanol–water partition coefficient (Wildman–Crippen LogP) is 4.03. The Bertz CT molecular complexity index is 475. The monoisotopic (exact) mass is 386 g/mol. The van der Waals surface area contributed by atoms with Crippen molar-refractivity contribution in [1.82, 2.24) is 0 Å². The van der Waals surface area contributed by atoms with Gasteiger partial charge in [-0.15, -0.1) is 11.6 Å². The van der Waals surface area contributed by atoms with E-state index in [1.807, 2.05) is 0 Å². The van der Waals surface area contributed by atoms with Crippen LogP contribution in [0.25, 0.3) is 0 Å². The first-order chi connectivity index (χ1) is 9.52. The normalized spacial score (nSPS) is 25.4. The van der Waals surface area contributed by atoms with Crippen LogP contribution in [0.2, 0.25) is 5.02 Å². The Balaban J connectivity index is 1.97. The first kappa shape index (κ1) is 16.3. The van der Waals surface area contributed by atoms with E-state index in [0.717, 1.165) is 0 Å². The molecule has 0 heterocycles. The number of hydrogen-bond donors (Lipinski definition) is 0. The van der Waals surface area contributed by atoms with Crippen molar-refractivity contribution in [2.24, 2.45) is 0 Å². The van der Waals surface area contributed by atoms with E-state index in [2.05, 4.69) is 15.9 Å². The van der Waals surface area contributed by atoms with Gasteiger partial charge in [-0.3, -0.25) is 0 Å². The number of ether oxygens (including phenoxy) is 3. The van der Waals surface area contributed by atoms with Gasteiger partial charge in [-0.1, -0.05) is 11.6 Å². The molecular formula is C13H14BrCl2FO3. The second kappa shape index (κ2) is 7.27. The zero-order valence-electron chi connectivity index (χ0n) is 10.7. The lowest BCUT2D eigenvalue weighted by Gasteiger charge is -2.40. The Kier molecular flexibility index (Phi) is 5.93. The van der Waals surface area contributed by atoms with Crippen LogP contribution in [0.3, 0.4) is 0 Å². The lowest BCUT2D eigenvalue weighted by atomic mass is 9.91. The highest BCUT2D eigenvalue weighted by Crippen LogP contribution is 2.37. The molecule has 0 radical (unpaired) electrons. The SMILES string of the molecule is COCCOC1C(Cl)CC1Oc1cc(F)c(Cl)cc1Br. The second-order valence-corrected chi connectivity index (χ2v) is 6.26. The fourth-order valence-corrected chi connectivity index (χ4v) is 3.02. The summed E-state index contributed by atoms with van der Waals surface area (Å²) in [6.07, 6.45) is 0.222. The highest BCUT2D eigenvalue weighted by Gasteiger charge is 2.43. The van der Waals surface area contributed by atoms with Crippen molar-refractivity contribution in [3.8, 4) is 5.75 Å². The molecular weight excluding hydrogens is 374 g/mol. The van der Waals surface area contributed by atoms with E-state index >= 15 is 0 Å². The molecule has 3 unspecified atom stereocenters. The Morgan fingerprint density at radius 3 is 2.80 bits per heavy atom. The van der Waals surface area contributed by atoms with Gasteiger partial charge in [0.25, 0.3) is 0 Å². The molecule has 112 valence electrons. The lowest BCUT2D eigenvalue weighted by Crippen LogP contribution is -2.53. The third-order valence-corrected chi connectivity index (χ3v) is 4.37. The maximum atomic E-state index is 13.4. The van der Waals surface area contributed by atoms with Gasteiger partial charge in [0.1, 0.15) is 23.8 Å². The van der Waals surface area contributed by atoms with Crippen LogP contribution in [-0.2, 0) is 9.47 Å². The van der Waals surface area contributed by atoms with E-state index in [1.165, 1.54) is 12.1 Å². The molecule has 1 fully saturated rings. The fraction of sp³-hybridized carbons (Fsp3) is 0.538. The van der Waals surface area contributed by atoms with E-state index in [0.29, 0.717) is 29.9 Å². The maximum Gasteiger partial charge on any atom is 0.145 e. The van der Waals surface area contributed by atoms with E-state index in [-0.39, 0.29) is 22.6 Å². The lowest BCUT2D eigenvalue weighted by molar-refractivity contribution is -0.0901.